The zero-order valence-electron chi connectivity index (χ0n) is 11.3. The molecule has 0 aliphatic rings. The van der Waals surface area contributed by atoms with Crippen LogP contribution >= 0.6 is 15.9 Å². The lowest BCUT2D eigenvalue weighted by molar-refractivity contribution is 0.106. The third-order valence-corrected chi connectivity index (χ3v) is 3.27. The van der Waals surface area contributed by atoms with E-state index >= 15 is 0 Å². The predicted molar refractivity (Wildman–Crippen MR) is 86.3 cm³/mol. The molecule has 0 fully saturated rings. The quantitative estimate of drug-likeness (QED) is 0.520. The molecule has 1 N–H and O–H groups in total. The van der Waals surface area contributed by atoms with Crippen LogP contribution in [0.2, 0.25) is 0 Å². The third kappa shape index (κ3) is 4.01. The molecule has 2 aromatic rings. The molecular weight excluding hydrogens is 330 g/mol. The van der Waals surface area contributed by atoms with Crippen LogP contribution in [0.4, 0.5) is 5.69 Å². The van der Waals surface area contributed by atoms with Crippen LogP contribution in [0.3, 0.4) is 0 Å². The summed E-state index contributed by atoms with van der Waals surface area (Å²) >= 11 is 3.30. The fraction of sp³-hybridized carbons (Fsp3) is 0.0625. The van der Waals surface area contributed by atoms with Crippen LogP contribution < -0.4 is 5.43 Å². The van der Waals surface area contributed by atoms with Crippen LogP contribution in [0.25, 0.3) is 0 Å². The molecule has 2 aromatic carbocycles. The molecule has 0 aromatic heterocycles. The summed E-state index contributed by atoms with van der Waals surface area (Å²) in [6.07, 6.45) is 0. The van der Waals surface area contributed by atoms with Gasteiger partial charge in [0.25, 0.3) is 0 Å². The average Bonchev–Trinajstić information content (AvgIpc) is 2.48. The first-order chi connectivity index (χ1) is 10.1. The Balaban J connectivity index is 2.19. The van der Waals surface area contributed by atoms with Crippen molar-refractivity contribution in [1.82, 2.24) is 0 Å². The van der Waals surface area contributed by atoms with E-state index < -0.39 is 5.78 Å². The van der Waals surface area contributed by atoms with Crippen molar-refractivity contribution in [2.24, 2.45) is 5.10 Å². The fourth-order valence-electron chi connectivity index (χ4n) is 1.70. The van der Waals surface area contributed by atoms with Crippen LogP contribution in [0.5, 0.6) is 0 Å². The van der Waals surface area contributed by atoms with Crippen molar-refractivity contribution in [2.45, 2.75) is 6.92 Å². The number of benzene rings is 2. The van der Waals surface area contributed by atoms with E-state index in [1.807, 2.05) is 37.3 Å². The lowest BCUT2D eigenvalue weighted by Gasteiger charge is -2.03. The zero-order valence-corrected chi connectivity index (χ0v) is 12.9. The van der Waals surface area contributed by atoms with Crippen molar-refractivity contribution in [2.75, 3.05) is 5.43 Å². The number of nitrogens with zero attached hydrogens (tertiary/aromatic N) is 2. The summed E-state index contributed by atoms with van der Waals surface area (Å²) in [7, 11) is 0. The van der Waals surface area contributed by atoms with Crippen molar-refractivity contribution < 1.29 is 4.79 Å². The maximum Gasteiger partial charge on any atom is 0.223 e. The van der Waals surface area contributed by atoms with Gasteiger partial charge in [0.1, 0.15) is 6.07 Å². The predicted octanol–water partition coefficient (Wildman–Crippen LogP) is 3.93. The van der Waals surface area contributed by atoms with Crippen LogP contribution in [-0.4, -0.2) is 11.5 Å². The summed E-state index contributed by atoms with van der Waals surface area (Å²) in [6.45, 7) is 1.95. The van der Waals surface area contributed by atoms with Crippen LogP contribution in [0.1, 0.15) is 15.9 Å². The Morgan fingerprint density at radius 2 is 1.95 bits per heavy atom. The molecular formula is C16H12BrN3O. The third-order valence-electron chi connectivity index (χ3n) is 2.74. The van der Waals surface area contributed by atoms with Crippen molar-refractivity contribution in [3.63, 3.8) is 0 Å². The van der Waals surface area contributed by atoms with Gasteiger partial charge in [-0.3, -0.25) is 10.2 Å². The van der Waals surface area contributed by atoms with Gasteiger partial charge in [0.05, 0.1) is 5.69 Å². The Hall–Kier alpha value is -2.45. The maximum atomic E-state index is 12.2. The molecule has 104 valence electrons. The van der Waals surface area contributed by atoms with Gasteiger partial charge in [-0.15, -0.1) is 0 Å². The van der Waals surface area contributed by atoms with Gasteiger partial charge in [-0.25, -0.2) is 0 Å². The molecule has 21 heavy (non-hydrogen) atoms. The van der Waals surface area contributed by atoms with E-state index in [-0.39, 0.29) is 5.71 Å². The minimum Gasteiger partial charge on any atom is -0.286 e. The standard InChI is InChI=1S/C16H12BrN3O/c1-11-3-2-4-14(9-11)19-20-15(10-18)16(21)12-5-7-13(17)8-6-12/h2-9,19H,1H3/b20-15+. The van der Waals surface area contributed by atoms with E-state index in [0.717, 1.165) is 15.7 Å². The minimum atomic E-state index is -0.412. The van der Waals surface area contributed by atoms with E-state index in [2.05, 4.69) is 26.5 Å². The van der Waals surface area contributed by atoms with Gasteiger partial charge in [0.2, 0.25) is 11.5 Å². The zero-order chi connectivity index (χ0) is 15.2. The lowest BCUT2D eigenvalue weighted by Crippen LogP contribution is -2.14. The smallest absolute Gasteiger partial charge is 0.223 e. The SMILES string of the molecule is Cc1cccc(N/N=C(\C#N)C(=O)c2ccc(Br)cc2)c1. The summed E-state index contributed by atoms with van der Waals surface area (Å²) < 4.78 is 0.868. The molecule has 0 aliphatic heterocycles. The maximum absolute atomic E-state index is 12.2. The Morgan fingerprint density at radius 3 is 2.57 bits per heavy atom. The van der Waals surface area contributed by atoms with Crippen molar-refractivity contribution >= 4 is 33.1 Å². The molecule has 0 heterocycles. The number of ketones is 1. The van der Waals surface area contributed by atoms with Gasteiger partial charge < -0.3 is 0 Å². The Bertz CT molecular complexity index is 730. The average molecular weight is 342 g/mol. The Labute approximate surface area is 131 Å². The van der Waals surface area contributed by atoms with E-state index in [1.165, 1.54) is 0 Å². The molecule has 0 bridgehead atoms. The normalized spacial score (nSPS) is 10.8. The molecule has 0 amide bonds. The van der Waals surface area contributed by atoms with Crippen molar-refractivity contribution in [3.05, 3.63) is 64.1 Å². The summed E-state index contributed by atoms with van der Waals surface area (Å²) in [4.78, 5) is 12.2. The fourth-order valence-corrected chi connectivity index (χ4v) is 1.96. The first kappa shape index (κ1) is 14.9. The number of carbonyl (C=O) groups is 1. The first-order valence-corrected chi connectivity index (χ1v) is 7.00. The monoisotopic (exact) mass is 341 g/mol. The van der Waals surface area contributed by atoms with Crippen LogP contribution in [-0.2, 0) is 0 Å². The summed E-state index contributed by atoms with van der Waals surface area (Å²) in [5, 5.41) is 13.0. The molecule has 4 nitrogen and oxygen atoms in total. The summed E-state index contributed by atoms with van der Waals surface area (Å²) in [5.74, 6) is -0.412. The number of nitrogens with one attached hydrogen (secondary N) is 1. The highest BCUT2D eigenvalue weighted by atomic mass is 79.9. The summed E-state index contributed by atoms with van der Waals surface area (Å²) in [5.41, 5.74) is 4.76. The summed E-state index contributed by atoms with van der Waals surface area (Å²) in [6, 6.07) is 16.1. The second-order valence-electron chi connectivity index (χ2n) is 4.39. The molecule has 0 saturated heterocycles. The van der Waals surface area contributed by atoms with E-state index in [4.69, 9.17) is 5.26 Å². The first-order valence-electron chi connectivity index (χ1n) is 6.21. The molecule has 0 saturated carbocycles. The van der Waals surface area contributed by atoms with Gasteiger partial charge in [0.15, 0.2) is 0 Å². The highest BCUT2D eigenvalue weighted by molar-refractivity contribution is 9.10. The number of aryl methyl sites for hydroxylation is 1. The number of hydrogen-bond donors (Lipinski definition) is 1. The van der Waals surface area contributed by atoms with Crippen molar-refractivity contribution in [1.29, 1.82) is 5.26 Å². The number of nitriles is 1. The second kappa shape index (κ2) is 6.82. The number of carbonyl (C=O) groups excluding carboxylic acids is 1. The van der Waals surface area contributed by atoms with Crippen LogP contribution in [0, 0.1) is 18.3 Å². The van der Waals surface area contributed by atoms with Crippen LogP contribution in [0.15, 0.2) is 58.1 Å². The minimum absolute atomic E-state index is 0.182. The number of anilines is 1. The highest BCUT2D eigenvalue weighted by Crippen LogP contribution is 2.12. The van der Waals surface area contributed by atoms with E-state index in [0.29, 0.717) is 5.56 Å². The number of Topliss-reactive ketones (excluding diaryl/α,β-unsaturated/α-hetero) is 1. The van der Waals surface area contributed by atoms with Gasteiger partial charge >= 0.3 is 0 Å². The topological polar surface area (TPSA) is 65.2 Å². The van der Waals surface area contributed by atoms with E-state index in [9.17, 15) is 4.79 Å². The van der Waals surface area contributed by atoms with Gasteiger partial charge in [0, 0.05) is 10.0 Å². The molecule has 0 spiro atoms. The number of hydrazone groups is 1. The highest BCUT2D eigenvalue weighted by Gasteiger charge is 2.13. The molecule has 0 aliphatic carbocycles. The number of hydrogen-bond acceptors (Lipinski definition) is 4. The van der Waals surface area contributed by atoms with Gasteiger partial charge in [-0.2, -0.15) is 10.4 Å². The Kier molecular flexibility index (Phi) is 4.85. The number of halogens is 1. The molecule has 0 unspecified atom stereocenters. The Morgan fingerprint density at radius 1 is 1.24 bits per heavy atom. The lowest BCUT2D eigenvalue weighted by atomic mass is 10.1. The second-order valence-corrected chi connectivity index (χ2v) is 5.31. The number of rotatable bonds is 4. The van der Waals surface area contributed by atoms with Gasteiger partial charge in [-0.05, 0) is 48.9 Å². The van der Waals surface area contributed by atoms with E-state index in [1.54, 1.807) is 24.3 Å². The largest absolute Gasteiger partial charge is 0.286 e. The molecule has 0 radical (unpaired) electrons. The molecule has 0 atom stereocenters. The molecule has 2 rings (SSSR count). The van der Waals surface area contributed by atoms with Gasteiger partial charge in [-0.1, -0.05) is 28.1 Å². The molecule has 5 heteroatoms. The van der Waals surface area contributed by atoms with Crippen molar-refractivity contribution in [3.8, 4) is 6.07 Å².